The SMILES string of the molecule is Cc1cc(C(=O)N2CCOC3(CCN(CCOc4ccc(CNC[C@H](O)c5ccc(O)c6[nH]c(=O)sc56)cc4)CC3)C2)cs1. The zero-order chi connectivity index (χ0) is 30.7. The zero-order valence-electron chi connectivity index (χ0n) is 24.7. The van der Waals surface area contributed by atoms with E-state index in [1.54, 1.807) is 17.4 Å². The van der Waals surface area contributed by atoms with E-state index in [9.17, 15) is 19.8 Å². The van der Waals surface area contributed by atoms with E-state index < -0.39 is 6.10 Å². The van der Waals surface area contributed by atoms with Crippen molar-refractivity contribution in [2.45, 2.75) is 38.0 Å². The Morgan fingerprint density at radius 1 is 1.18 bits per heavy atom. The molecule has 1 spiro atoms. The van der Waals surface area contributed by atoms with Gasteiger partial charge in [-0.15, -0.1) is 11.3 Å². The van der Waals surface area contributed by atoms with Gasteiger partial charge in [-0.25, -0.2) is 0 Å². The molecule has 0 aliphatic carbocycles. The molecule has 0 saturated carbocycles. The lowest BCUT2D eigenvalue weighted by atomic mass is 9.89. The molecule has 10 nitrogen and oxygen atoms in total. The van der Waals surface area contributed by atoms with E-state index >= 15 is 0 Å². The van der Waals surface area contributed by atoms with Crippen molar-refractivity contribution < 1.29 is 24.5 Å². The number of phenolic OH excluding ortho intramolecular Hbond substituents is 1. The third kappa shape index (κ3) is 7.01. The molecule has 4 N–H and O–H groups in total. The number of amides is 1. The van der Waals surface area contributed by atoms with Crippen LogP contribution in [-0.2, 0) is 11.3 Å². The molecule has 2 aromatic carbocycles. The average Bonchev–Trinajstić information content (AvgIpc) is 3.64. The first-order valence-electron chi connectivity index (χ1n) is 14.9. The predicted octanol–water partition coefficient (Wildman–Crippen LogP) is 3.87. The van der Waals surface area contributed by atoms with Crippen molar-refractivity contribution >= 4 is 38.8 Å². The Hall–Kier alpha value is -3.26. The standard InChI is InChI=1S/C32H38N4O6S2/c1-21-16-23(19-43-21)30(39)36-13-15-42-32(20-36)8-10-35(11-9-32)12-14-41-24-4-2-22(3-5-24)17-33-18-27(38)25-6-7-26(37)28-29(25)44-31(40)34-28/h2-7,16,19,27,33,37-38H,8-15,17-18,20H2,1H3,(H,34,40)/t27-/m0/s1. The third-order valence-corrected chi connectivity index (χ3v) is 10.3. The van der Waals surface area contributed by atoms with Gasteiger partial charge in [0.15, 0.2) is 0 Å². The van der Waals surface area contributed by atoms with Gasteiger partial charge < -0.3 is 34.9 Å². The maximum atomic E-state index is 13.0. The Labute approximate surface area is 263 Å². The van der Waals surface area contributed by atoms with Crippen molar-refractivity contribution in [2.24, 2.45) is 0 Å². The minimum atomic E-state index is -0.821. The summed E-state index contributed by atoms with van der Waals surface area (Å²) in [5, 5.41) is 25.9. The van der Waals surface area contributed by atoms with Crippen LogP contribution in [0.25, 0.3) is 10.2 Å². The minimum Gasteiger partial charge on any atom is -0.506 e. The highest BCUT2D eigenvalue weighted by Gasteiger charge is 2.41. The number of carbonyl (C=O) groups is 1. The number of phenols is 1. The number of hydrogen-bond acceptors (Lipinski definition) is 10. The van der Waals surface area contributed by atoms with E-state index in [1.165, 1.54) is 6.07 Å². The number of likely N-dealkylation sites (tertiary alicyclic amines) is 1. The van der Waals surface area contributed by atoms with Crippen LogP contribution < -0.4 is 14.9 Å². The minimum absolute atomic E-state index is 0.00579. The van der Waals surface area contributed by atoms with Crippen LogP contribution in [0.15, 0.2) is 52.6 Å². The molecule has 4 heterocycles. The number of aromatic amines is 1. The Morgan fingerprint density at radius 2 is 1.98 bits per heavy atom. The fraction of sp³-hybridized carbons (Fsp3) is 0.438. The number of ether oxygens (including phenoxy) is 2. The number of fused-ring (bicyclic) bond motifs is 1. The predicted molar refractivity (Wildman–Crippen MR) is 172 cm³/mol. The molecule has 2 aliphatic rings. The van der Waals surface area contributed by atoms with Gasteiger partial charge in [0, 0.05) is 55.1 Å². The van der Waals surface area contributed by atoms with Crippen molar-refractivity contribution in [1.82, 2.24) is 20.1 Å². The number of aromatic nitrogens is 1. The fourth-order valence-electron chi connectivity index (χ4n) is 6.00. The van der Waals surface area contributed by atoms with E-state index in [0.717, 1.165) is 65.6 Å². The van der Waals surface area contributed by atoms with Gasteiger partial charge in [-0.2, -0.15) is 0 Å². The van der Waals surface area contributed by atoms with Crippen LogP contribution in [0.2, 0.25) is 0 Å². The number of thiazole rings is 1. The molecule has 4 aromatic rings. The topological polar surface area (TPSA) is 127 Å². The summed E-state index contributed by atoms with van der Waals surface area (Å²) in [5.41, 5.74) is 2.55. The second-order valence-electron chi connectivity index (χ2n) is 11.6. The summed E-state index contributed by atoms with van der Waals surface area (Å²) < 4.78 is 12.8. The normalized spacial score (nSPS) is 17.7. The highest BCUT2D eigenvalue weighted by atomic mass is 32.1. The number of benzene rings is 2. The summed E-state index contributed by atoms with van der Waals surface area (Å²) >= 11 is 2.59. The van der Waals surface area contributed by atoms with E-state index in [-0.39, 0.29) is 22.1 Å². The monoisotopic (exact) mass is 638 g/mol. The average molecular weight is 639 g/mol. The Balaban J connectivity index is 0.910. The van der Waals surface area contributed by atoms with Crippen molar-refractivity contribution in [2.75, 3.05) is 52.5 Å². The molecule has 6 rings (SSSR count). The van der Waals surface area contributed by atoms with Crippen LogP contribution >= 0.6 is 22.7 Å². The Kier molecular flexibility index (Phi) is 9.36. The van der Waals surface area contributed by atoms with E-state index in [2.05, 4.69) is 15.2 Å². The summed E-state index contributed by atoms with van der Waals surface area (Å²) in [7, 11) is 0. The number of piperidine rings is 1. The summed E-state index contributed by atoms with van der Waals surface area (Å²) in [4.78, 5) is 32.6. The lowest BCUT2D eigenvalue weighted by Gasteiger charge is -2.47. The number of aliphatic hydroxyl groups excluding tert-OH is 1. The van der Waals surface area contributed by atoms with Crippen molar-refractivity contribution in [3.05, 3.63) is 79.1 Å². The number of thiophene rings is 1. The number of rotatable bonds is 10. The van der Waals surface area contributed by atoms with Gasteiger partial charge in [-0.3, -0.25) is 14.5 Å². The highest BCUT2D eigenvalue weighted by Crippen LogP contribution is 2.32. The van der Waals surface area contributed by atoms with Crippen LogP contribution in [0, 0.1) is 6.92 Å². The Bertz CT molecular complexity index is 1640. The number of nitrogens with one attached hydrogen (secondary N) is 2. The molecule has 0 radical (unpaired) electrons. The fourth-order valence-corrected chi connectivity index (χ4v) is 7.60. The summed E-state index contributed by atoms with van der Waals surface area (Å²) in [6.45, 7) is 8.02. The number of morpholine rings is 1. The van der Waals surface area contributed by atoms with Crippen molar-refractivity contribution in [1.29, 1.82) is 0 Å². The number of hydrogen-bond donors (Lipinski definition) is 4. The van der Waals surface area contributed by atoms with E-state index in [1.807, 2.05) is 47.5 Å². The largest absolute Gasteiger partial charge is 0.506 e. The van der Waals surface area contributed by atoms with E-state index in [0.29, 0.717) is 55.2 Å². The molecule has 44 heavy (non-hydrogen) atoms. The van der Waals surface area contributed by atoms with Gasteiger partial charge in [-0.05, 0) is 49.6 Å². The first-order valence-corrected chi connectivity index (χ1v) is 16.6. The van der Waals surface area contributed by atoms with Crippen LogP contribution in [-0.4, -0.2) is 89.0 Å². The maximum Gasteiger partial charge on any atom is 0.305 e. The van der Waals surface area contributed by atoms with Crippen molar-refractivity contribution in [3.8, 4) is 11.5 Å². The third-order valence-electron chi connectivity index (χ3n) is 8.49. The molecular formula is C32H38N4O6S2. The summed E-state index contributed by atoms with van der Waals surface area (Å²) in [5.74, 6) is 0.915. The van der Waals surface area contributed by atoms with Gasteiger partial charge in [0.2, 0.25) is 0 Å². The first-order chi connectivity index (χ1) is 21.3. The number of aromatic hydroxyl groups is 1. The maximum absolute atomic E-state index is 13.0. The number of nitrogens with zero attached hydrogens (tertiary/aromatic N) is 2. The Morgan fingerprint density at radius 3 is 2.73 bits per heavy atom. The molecule has 0 bridgehead atoms. The summed E-state index contributed by atoms with van der Waals surface area (Å²) in [6.07, 6.45) is 0.983. The van der Waals surface area contributed by atoms with Gasteiger partial charge >= 0.3 is 4.87 Å². The number of aryl methyl sites for hydroxylation is 1. The number of H-pyrrole nitrogens is 1. The van der Waals surface area contributed by atoms with Crippen LogP contribution in [0.3, 0.4) is 0 Å². The molecule has 2 fully saturated rings. The molecule has 2 aromatic heterocycles. The van der Waals surface area contributed by atoms with Gasteiger partial charge in [0.25, 0.3) is 5.91 Å². The second-order valence-corrected chi connectivity index (χ2v) is 13.7. The number of aliphatic hydroxyl groups is 1. The molecule has 2 aliphatic heterocycles. The second kappa shape index (κ2) is 13.4. The first kappa shape index (κ1) is 30.8. The van der Waals surface area contributed by atoms with E-state index in [4.69, 9.17) is 9.47 Å². The van der Waals surface area contributed by atoms with Crippen molar-refractivity contribution in [3.63, 3.8) is 0 Å². The molecular weight excluding hydrogens is 601 g/mol. The molecule has 12 heteroatoms. The smallest absolute Gasteiger partial charge is 0.305 e. The highest BCUT2D eigenvalue weighted by molar-refractivity contribution is 7.16. The molecule has 2 saturated heterocycles. The lowest BCUT2D eigenvalue weighted by Crippen LogP contribution is -2.58. The molecule has 1 amide bonds. The van der Waals surface area contributed by atoms with Gasteiger partial charge in [0.1, 0.15) is 23.6 Å². The summed E-state index contributed by atoms with van der Waals surface area (Å²) in [6, 6.07) is 13.0. The lowest BCUT2D eigenvalue weighted by molar-refractivity contribution is -0.127. The van der Waals surface area contributed by atoms with Gasteiger partial charge in [0.05, 0.1) is 35.1 Å². The van der Waals surface area contributed by atoms with Crippen LogP contribution in [0.1, 0.15) is 45.3 Å². The molecule has 0 unspecified atom stereocenters. The quantitative estimate of drug-likeness (QED) is 0.206. The zero-order valence-corrected chi connectivity index (χ0v) is 26.3. The van der Waals surface area contributed by atoms with Crippen LogP contribution in [0.4, 0.5) is 0 Å². The molecule has 234 valence electrons. The molecule has 1 atom stereocenters. The van der Waals surface area contributed by atoms with Crippen LogP contribution in [0.5, 0.6) is 11.5 Å². The van der Waals surface area contributed by atoms with Gasteiger partial charge in [-0.1, -0.05) is 29.5 Å². The number of carbonyl (C=O) groups excluding carboxylic acids is 1.